The minimum absolute atomic E-state index is 0.0424. The van der Waals surface area contributed by atoms with Crippen molar-refractivity contribution in [2.75, 3.05) is 22.1 Å². The van der Waals surface area contributed by atoms with Crippen LogP contribution in [0.15, 0.2) is 24.3 Å². The molecule has 0 spiro atoms. The monoisotopic (exact) mass is 282 g/mol. The Morgan fingerprint density at radius 2 is 2.19 bits per heavy atom. The van der Waals surface area contributed by atoms with Gasteiger partial charge in [0.1, 0.15) is 6.54 Å². The number of amides is 2. The number of halogens is 1. The van der Waals surface area contributed by atoms with Gasteiger partial charge in [0.05, 0.1) is 11.4 Å². The van der Waals surface area contributed by atoms with Crippen molar-refractivity contribution in [1.82, 2.24) is 0 Å². The maximum Gasteiger partial charge on any atom is 0.244 e. The van der Waals surface area contributed by atoms with Crippen molar-refractivity contribution in [1.29, 1.82) is 0 Å². The van der Waals surface area contributed by atoms with E-state index in [0.29, 0.717) is 17.4 Å². The quantitative estimate of drug-likeness (QED) is 0.841. The number of carbonyl (C=O) groups excluding carboxylic acids is 2. The van der Waals surface area contributed by atoms with Crippen molar-refractivity contribution >= 4 is 39.1 Å². The van der Waals surface area contributed by atoms with Crippen LogP contribution >= 0.6 is 15.9 Å². The first-order valence-corrected chi connectivity index (χ1v) is 6.09. The van der Waals surface area contributed by atoms with Crippen LogP contribution < -0.4 is 10.2 Å². The molecule has 4 nitrogen and oxygen atoms in total. The zero-order valence-corrected chi connectivity index (χ0v) is 10.2. The number of para-hydroxylation sites is 2. The summed E-state index contributed by atoms with van der Waals surface area (Å²) < 4.78 is 0. The Labute approximate surface area is 102 Å². The molecular formula is C11H11BrN2O2. The highest BCUT2D eigenvalue weighted by Crippen LogP contribution is 2.29. The molecule has 0 aromatic heterocycles. The van der Waals surface area contributed by atoms with Crippen LogP contribution in [0.25, 0.3) is 0 Å². The molecule has 1 heterocycles. The highest BCUT2D eigenvalue weighted by Gasteiger charge is 2.25. The van der Waals surface area contributed by atoms with Crippen LogP contribution in [0.5, 0.6) is 0 Å². The predicted octanol–water partition coefficient (Wildman–Crippen LogP) is 1.76. The molecule has 0 aliphatic carbocycles. The summed E-state index contributed by atoms with van der Waals surface area (Å²) in [5.74, 6) is -0.194. The molecule has 1 aromatic rings. The highest BCUT2D eigenvalue weighted by atomic mass is 79.9. The number of anilines is 2. The van der Waals surface area contributed by atoms with Gasteiger partial charge < -0.3 is 10.2 Å². The second-order valence-electron chi connectivity index (χ2n) is 3.48. The summed E-state index contributed by atoms with van der Waals surface area (Å²) in [6.45, 7) is 0.100. The minimum atomic E-state index is -0.151. The number of nitrogens with zero attached hydrogens (tertiary/aromatic N) is 1. The van der Waals surface area contributed by atoms with Gasteiger partial charge in [0.2, 0.25) is 11.8 Å². The largest absolute Gasteiger partial charge is 0.323 e. The van der Waals surface area contributed by atoms with E-state index in [9.17, 15) is 9.59 Å². The third kappa shape index (κ3) is 2.09. The Morgan fingerprint density at radius 3 is 2.94 bits per heavy atom. The van der Waals surface area contributed by atoms with E-state index in [-0.39, 0.29) is 18.4 Å². The fourth-order valence-electron chi connectivity index (χ4n) is 1.67. The summed E-state index contributed by atoms with van der Waals surface area (Å²) in [7, 11) is 0. The van der Waals surface area contributed by atoms with Gasteiger partial charge in [0, 0.05) is 11.8 Å². The Balaban J connectivity index is 2.33. The van der Waals surface area contributed by atoms with E-state index in [2.05, 4.69) is 21.2 Å². The number of carbonyl (C=O) groups is 2. The van der Waals surface area contributed by atoms with Crippen molar-refractivity contribution in [2.45, 2.75) is 6.42 Å². The average molecular weight is 283 g/mol. The van der Waals surface area contributed by atoms with Crippen LogP contribution in [-0.2, 0) is 9.59 Å². The van der Waals surface area contributed by atoms with Crippen LogP contribution in [-0.4, -0.2) is 23.7 Å². The molecule has 0 saturated heterocycles. The lowest BCUT2D eigenvalue weighted by Gasteiger charge is -2.28. The lowest BCUT2D eigenvalue weighted by atomic mass is 10.2. The molecule has 5 heteroatoms. The number of fused-ring (bicyclic) bond motifs is 1. The van der Waals surface area contributed by atoms with Crippen molar-refractivity contribution < 1.29 is 9.59 Å². The standard InChI is InChI=1S/C11H11BrN2O2/c12-6-5-11(16)14-7-10(15)13-8-3-1-2-4-9(8)14/h1-4H,5-7H2,(H,13,15). The summed E-state index contributed by atoms with van der Waals surface area (Å²) in [4.78, 5) is 24.8. The molecule has 0 fully saturated rings. The van der Waals surface area contributed by atoms with Crippen LogP contribution in [0.1, 0.15) is 6.42 Å². The normalized spacial score (nSPS) is 14.3. The molecule has 0 bridgehead atoms. The first-order chi connectivity index (χ1) is 7.72. The molecule has 0 atom stereocenters. The van der Waals surface area contributed by atoms with E-state index in [4.69, 9.17) is 0 Å². The molecule has 2 amide bonds. The second-order valence-corrected chi connectivity index (χ2v) is 4.28. The zero-order valence-electron chi connectivity index (χ0n) is 8.57. The van der Waals surface area contributed by atoms with Crippen molar-refractivity contribution in [3.8, 4) is 0 Å². The highest BCUT2D eigenvalue weighted by molar-refractivity contribution is 9.09. The SMILES string of the molecule is O=C1CN(C(=O)CCBr)c2ccccc2N1. The van der Waals surface area contributed by atoms with Gasteiger partial charge in [-0.05, 0) is 12.1 Å². The summed E-state index contributed by atoms with van der Waals surface area (Å²) in [5, 5.41) is 3.35. The molecule has 0 unspecified atom stereocenters. The molecule has 1 aliphatic heterocycles. The van der Waals surface area contributed by atoms with Crippen LogP contribution in [0.2, 0.25) is 0 Å². The Morgan fingerprint density at radius 1 is 1.44 bits per heavy atom. The number of rotatable bonds is 2. The maximum atomic E-state index is 11.8. The number of hydrogen-bond acceptors (Lipinski definition) is 2. The summed E-state index contributed by atoms with van der Waals surface area (Å²) in [5.41, 5.74) is 1.47. The topological polar surface area (TPSA) is 49.4 Å². The van der Waals surface area contributed by atoms with Crippen molar-refractivity contribution in [3.05, 3.63) is 24.3 Å². The molecule has 1 N–H and O–H groups in total. The van der Waals surface area contributed by atoms with Gasteiger partial charge in [-0.15, -0.1) is 0 Å². The Bertz CT molecular complexity index is 434. The molecule has 84 valence electrons. The zero-order chi connectivity index (χ0) is 11.5. The van der Waals surface area contributed by atoms with Crippen LogP contribution in [0, 0.1) is 0 Å². The number of hydrogen-bond donors (Lipinski definition) is 1. The fourth-order valence-corrected chi connectivity index (χ4v) is 2.01. The molecular weight excluding hydrogens is 272 g/mol. The van der Waals surface area contributed by atoms with Gasteiger partial charge in [-0.25, -0.2) is 0 Å². The van der Waals surface area contributed by atoms with E-state index >= 15 is 0 Å². The first kappa shape index (κ1) is 11.1. The molecule has 0 radical (unpaired) electrons. The van der Waals surface area contributed by atoms with Gasteiger partial charge >= 0.3 is 0 Å². The minimum Gasteiger partial charge on any atom is -0.323 e. The van der Waals surface area contributed by atoms with Crippen molar-refractivity contribution in [3.63, 3.8) is 0 Å². The maximum absolute atomic E-state index is 11.8. The number of alkyl halides is 1. The van der Waals surface area contributed by atoms with Gasteiger partial charge in [0.15, 0.2) is 0 Å². The molecule has 0 saturated carbocycles. The molecule has 2 rings (SSSR count). The van der Waals surface area contributed by atoms with E-state index in [0.717, 1.165) is 5.69 Å². The second kappa shape index (κ2) is 4.65. The lowest BCUT2D eigenvalue weighted by Crippen LogP contribution is -2.42. The lowest BCUT2D eigenvalue weighted by molar-refractivity contribution is -0.121. The van der Waals surface area contributed by atoms with Gasteiger partial charge in [-0.3, -0.25) is 9.59 Å². The predicted molar refractivity (Wildman–Crippen MR) is 65.8 cm³/mol. The fraction of sp³-hybridized carbons (Fsp3) is 0.273. The van der Waals surface area contributed by atoms with Gasteiger partial charge in [-0.2, -0.15) is 0 Å². The molecule has 16 heavy (non-hydrogen) atoms. The van der Waals surface area contributed by atoms with Gasteiger partial charge in [-0.1, -0.05) is 28.1 Å². The third-order valence-corrected chi connectivity index (χ3v) is 2.78. The number of nitrogens with one attached hydrogen (secondary N) is 1. The summed E-state index contributed by atoms with van der Waals surface area (Å²) >= 11 is 3.22. The smallest absolute Gasteiger partial charge is 0.244 e. The van der Waals surface area contributed by atoms with Gasteiger partial charge in [0.25, 0.3) is 0 Å². The van der Waals surface area contributed by atoms with E-state index in [1.165, 1.54) is 4.90 Å². The Kier molecular flexibility index (Phi) is 3.24. The van der Waals surface area contributed by atoms with E-state index in [1.807, 2.05) is 18.2 Å². The first-order valence-electron chi connectivity index (χ1n) is 4.97. The van der Waals surface area contributed by atoms with E-state index < -0.39 is 0 Å². The summed E-state index contributed by atoms with van der Waals surface area (Å²) in [6, 6.07) is 7.31. The Hall–Kier alpha value is -1.36. The van der Waals surface area contributed by atoms with E-state index in [1.54, 1.807) is 6.07 Å². The van der Waals surface area contributed by atoms with Crippen molar-refractivity contribution in [2.24, 2.45) is 0 Å². The van der Waals surface area contributed by atoms with Crippen LogP contribution in [0.4, 0.5) is 11.4 Å². The molecule has 1 aromatic carbocycles. The molecule has 1 aliphatic rings. The number of benzene rings is 1. The average Bonchev–Trinajstić information content (AvgIpc) is 2.28. The van der Waals surface area contributed by atoms with Crippen LogP contribution in [0.3, 0.4) is 0 Å². The summed E-state index contributed by atoms with van der Waals surface area (Å²) in [6.07, 6.45) is 0.390. The third-order valence-electron chi connectivity index (χ3n) is 2.38.